The fraction of sp³-hybridized carbons (Fsp3) is 0.308. The van der Waals surface area contributed by atoms with Crippen LogP contribution in [-0.4, -0.2) is 35.4 Å². The molecule has 110 valence electrons. The molecular weight excluding hydrogens is 278 g/mol. The zero-order chi connectivity index (χ0) is 15.5. The van der Waals surface area contributed by atoms with Gasteiger partial charge in [0.2, 0.25) is 0 Å². The van der Waals surface area contributed by atoms with Crippen molar-refractivity contribution in [3.8, 4) is 5.75 Å². The van der Waals surface area contributed by atoms with Gasteiger partial charge in [0.1, 0.15) is 12.0 Å². The molecule has 0 aliphatic heterocycles. The average Bonchev–Trinajstić information content (AvgIpc) is 2.45. The van der Waals surface area contributed by atoms with Gasteiger partial charge in [-0.15, -0.1) is 0 Å². The van der Waals surface area contributed by atoms with Crippen molar-refractivity contribution in [3.63, 3.8) is 0 Å². The Kier molecular flexibility index (Phi) is 8.89. The van der Waals surface area contributed by atoms with Gasteiger partial charge in [-0.05, 0) is 32.0 Å². The number of hydrogen-bond acceptors (Lipinski definition) is 5. The van der Waals surface area contributed by atoms with Crippen LogP contribution in [-0.2, 0) is 4.79 Å². The number of carbonyl (C=O) groups excluding carboxylic acids is 2. The number of phenols is 1. The molecular formula is C13H19N3O3S. The molecule has 0 aromatic heterocycles. The van der Waals surface area contributed by atoms with Crippen molar-refractivity contribution < 1.29 is 14.7 Å². The lowest BCUT2D eigenvalue weighted by Crippen LogP contribution is -2.36. The maximum Gasteiger partial charge on any atom is 0.255 e. The predicted molar refractivity (Wildman–Crippen MR) is 81.6 cm³/mol. The molecule has 7 heteroatoms. The minimum absolute atomic E-state index is 0.125. The van der Waals surface area contributed by atoms with E-state index >= 15 is 0 Å². The molecule has 0 saturated carbocycles. The first-order chi connectivity index (χ1) is 9.54. The number of aldehydes is 1. The molecule has 0 saturated heterocycles. The van der Waals surface area contributed by atoms with Crippen LogP contribution in [0.1, 0.15) is 23.2 Å². The summed E-state index contributed by atoms with van der Waals surface area (Å²) in [6.07, 6.45) is 1.34. The lowest BCUT2D eigenvalue weighted by Gasteiger charge is -2.12. The molecule has 0 aliphatic carbocycles. The summed E-state index contributed by atoms with van der Waals surface area (Å²) in [6.45, 7) is 0. The fourth-order valence-corrected chi connectivity index (χ4v) is 1.50. The SMILES string of the molecule is CN.NC(=S)CCC(C=O)NC(=O)c1ccccc1O. The van der Waals surface area contributed by atoms with Crippen LogP contribution >= 0.6 is 12.2 Å². The van der Waals surface area contributed by atoms with E-state index in [-0.39, 0.29) is 11.3 Å². The third-order valence-electron chi connectivity index (χ3n) is 2.33. The summed E-state index contributed by atoms with van der Waals surface area (Å²) in [5.74, 6) is -0.637. The van der Waals surface area contributed by atoms with E-state index in [9.17, 15) is 14.7 Å². The summed E-state index contributed by atoms with van der Waals surface area (Å²) in [4.78, 5) is 22.9. The van der Waals surface area contributed by atoms with Crippen molar-refractivity contribution in [2.45, 2.75) is 18.9 Å². The fourth-order valence-electron chi connectivity index (χ4n) is 1.38. The van der Waals surface area contributed by atoms with Gasteiger partial charge in [0.25, 0.3) is 5.91 Å². The Morgan fingerprint density at radius 2 is 2.05 bits per heavy atom. The minimum Gasteiger partial charge on any atom is -0.507 e. The smallest absolute Gasteiger partial charge is 0.255 e. The molecule has 0 spiro atoms. The summed E-state index contributed by atoms with van der Waals surface area (Å²) in [5, 5.41) is 12.0. The first-order valence-electron chi connectivity index (χ1n) is 5.94. The molecule has 0 aliphatic rings. The van der Waals surface area contributed by atoms with Gasteiger partial charge in [0.05, 0.1) is 16.6 Å². The Hall–Kier alpha value is -1.99. The maximum absolute atomic E-state index is 11.8. The van der Waals surface area contributed by atoms with Crippen molar-refractivity contribution in [3.05, 3.63) is 29.8 Å². The minimum atomic E-state index is -0.668. The summed E-state index contributed by atoms with van der Waals surface area (Å²) in [5.41, 5.74) is 9.95. The molecule has 1 aromatic carbocycles. The van der Waals surface area contributed by atoms with Crippen molar-refractivity contribution >= 4 is 29.4 Å². The third-order valence-corrected chi connectivity index (χ3v) is 2.54. The van der Waals surface area contributed by atoms with Crippen LogP contribution < -0.4 is 16.8 Å². The molecule has 0 heterocycles. The molecule has 1 unspecified atom stereocenters. The van der Waals surface area contributed by atoms with E-state index in [1.807, 2.05) is 0 Å². The Morgan fingerprint density at radius 1 is 1.45 bits per heavy atom. The summed E-state index contributed by atoms with van der Waals surface area (Å²) < 4.78 is 0. The standard InChI is InChI=1S/C12H14N2O3S.CH5N/c13-11(18)6-5-8(7-15)14-12(17)9-3-1-2-4-10(9)16;1-2/h1-4,7-8,16H,5-6H2,(H2,13,18)(H,14,17);2H2,1H3. The number of hydrogen-bond donors (Lipinski definition) is 4. The van der Waals surface area contributed by atoms with Crippen LogP contribution in [0.15, 0.2) is 24.3 Å². The first kappa shape index (κ1) is 18.0. The molecule has 1 amide bonds. The molecule has 0 radical (unpaired) electrons. The number of rotatable bonds is 6. The van der Waals surface area contributed by atoms with Crippen LogP contribution in [0.2, 0.25) is 0 Å². The Bertz CT molecular complexity index is 466. The number of thiocarbonyl (C=S) groups is 1. The molecule has 1 aromatic rings. The lowest BCUT2D eigenvalue weighted by atomic mass is 10.1. The topological polar surface area (TPSA) is 118 Å². The Balaban J connectivity index is 0.00000172. The second-order valence-electron chi connectivity index (χ2n) is 3.74. The van der Waals surface area contributed by atoms with Gasteiger partial charge in [-0.1, -0.05) is 24.4 Å². The zero-order valence-electron chi connectivity index (χ0n) is 11.2. The largest absolute Gasteiger partial charge is 0.507 e. The number of nitrogens with one attached hydrogen (secondary N) is 1. The van der Waals surface area contributed by atoms with Crippen molar-refractivity contribution in [2.75, 3.05) is 7.05 Å². The molecule has 0 bridgehead atoms. The second kappa shape index (κ2) is 9.88. The normalized spacial score (nSPS) is 10.7. The van der Waals surface area contributed by atoms with Crippen LogP contribution in [0.4, 0.5) is 0 Å². The van der Waals surface area contributed by atoms with Gasteiger partial charge in [-0.2, -0.15) is 0 Å². The number of para-hydroxylation sites is 1. The van der Waals surface area contributed by atoms with Gasteiger partial charge in [-0.25, -0.2) is 0 Å². The highest BCUT2D eigenvalue weighted by molar-refractivity contribution is 7.80. The first-order valence-corrected chi connectivity index (χ1v) is 6.35. The number of benzene rings is 1. The lowest BCUT2D eigenvalue weighted by molar-refractivity contribution is -0.109. The molecule has 1 rings (SSSR count). The Labute approximate surface area is 123 Å². The van der Waals surface area contributed by atoms with E-state index < -0.39 is 11.9 Å². The molecule has 1 atom stereocenters. The average molecular weight is 297 g/mol. The maximum atomic E-state index is 11.8. The van der Waals surface area contributed by atoms with Crippen molar-refractivity contribution in [1.29, 1.82) is 0 Å². The highest BCUT2D eigenvalue weighted by Crippen LogP contribution is 2.15. The van der Waals surface area contributed by atoms with Gasteiger partial charge in [-0.3, -0.25) is 4.79 Å². The van der Waals surface area contributed by atoms with E-state index in [2.05, 4.69) is 11.1 Å². The number of phenolic OH excluding ortho intramolecular Hbond substituents is 1. The van der Waals surface area contributed by atoms with Gasteiger partial charge < -0.3 is 26.7 Å². The van der Waals surface area contributed by atoms with E-state index in [1.165, 1.54) is 19.2 Å². The van der Waals surface area contributed by atoms with Gasteiger partial charge in [0.15, 0.2) is 0 Å². The second-order valence-corrected chi connectivity index (χ2v) is 4.26. The van der Waals surface area contributed by atoms with E-state index in [0.717, 1.165) is 0 Å². The molecule has 6 N–H and O–H groups in total. The predicted octanol–water partition coefficient (Wildman–Crippen LogP) is 0.331. The number of nitrogens with two attached hydrogens (primary N) is 2. The highest BCUT2D eigenvalue weighted by Gasteiger charge is 2.15. The summed E-state index contributed by atoms with van der Waals surface area (Å²) in [7, 11) is 1.50. The van der Waals surface area contributed by atoms with E-state index in [0.29, 0.717) is 24.1 Å². The highest BCUT2D eigenvalue weighted by atomic mass is 32.1. The molecule has 0 fully saturated rings. The van der Waals surface area contributed by atoms with Crippen LogP contribution in [0.5, 0.6) is 5.75 Å². The molecule has 20 heavy (non-hydrogen) atoms. The monoisotopic (exact) mass is 297 g/mol. The van der Waals surface area contributed by atoms with Crippen LogP contribution in [0, 0.1) is 0 Å². The van der Waals surface area contributed by atoms with Gasteiger partial charge >= 0.3 is 0 Å². The number of aromatic hydroxyl groups is 1. The quantitative estimate of drug-likeness (QED) is 0.444. The van der Waals surface area contributed by atoms with E-state index in [4.69, 9.17) is 18.0 Å². The van der Waals surface area contributed by atoms with Crippen LogP contribution in [0.3, 0.4) is 0 Å². The van der Waals surface area contributed by atoms with Crippen molar-refractivity contribution in [1.82, 2.24) is 5.32 Å². The number of amides is 1. The van der Waals surface area contributed by atoms with E-state index in [1.54, 1.807) is 12.1 Å². The summed E-state index contributed by atoms with van der Waals surface area (Å²) in [6, 6.07) is 5.44. The summed E-state index contributed by atoms with van der Waals surface area (Å²) >= 11 is 4.70. The van der Waals surface area contributed by atoms with Crippen LogP contribution in [0.25, 0.3) is 0 Å². The van der Waals surface area contributed by atoms with Crippen molar-refractivity contribution in [2.24, 2.45) is 11.5 Å². The zero-order valence-corrected chi connectivity index (χ0v) is 12.0. The number of carbonyl (C=O) groups is 2. The Morgan fingerprint density at radius 3 is 2.55 bits per heavy atom. The third kappa shape index (κ3) is 6.26. The van der Waals surface area contributed by atoms with Gasteiger partial charge in [0, 0.05) is 0 Å². The molecule has 6 nitrogen and oxygen atoms in total.